The van der Waals surface area contributed by atoms with Gasteiger partial charge < -0.3 is 0 Å². The average molecular weight is 218 g/mol. The quantitative estimate of drug-likeness (QED) is 0.606. The first-order valence-electron chi connectivity index (χ1n) is 1.46. The van der Waals surface area contributed by atoms with Crippen LogP contribution in [0.3, 0.4) is 0 Å². The second-order valence-corrected chi connectivity index (χ2v) is 4.66. The molecule has 6 heteroatoms. The van der Waals surface area contributed by atoms with E-state index in [4.69, 9.17) is 46.4 Å². The van der Waals surface area contributed by atoms with Gasteiger partial charge in [0.05, 0.1) is 12.1 Å². The Morgan fingerprint density at radius 3 is 1.75 bits per heavy atom. The van der Waals surface area contributed by atoms with Crippen LogP contribution < -0.4 is 0 Å². The minimum atomic E-state index is -1.72. The van der Waals surface area contributed by atoms with Crippen LogP contribution in [0.5, 0.6) is 0 Å². The van der Waals surface area contributed by atoms with Gasteiger partial charge >= 0.3 is 0 Å². The van der Waals surface area contributed by atoms with Crippen molar-refractivity contribution in [3.63, 3.8) is 0 Å². The Kier molecular flexibility index (Phi) is 4.21. The summed E-state index contributed by atoms with van der Waals surface area (Å²) in [5.41, 5.74) is 0. The topological polar surface area (TPSA) is 0 Å². The van der Waals surface area contributed by atoms with Crippen LogP contribution in [-0.4, -0.2) is 8.50 Å². The molecule has 1 unspecified atom stereocenters. The van der Waals surface area contributed by atoms with Crippen LogP contribution >= 0.6 is 58.6 Å². The molecular weight excluding hydrogens is 217 g/mol. The van der Waals surface area contributed by atoms with E-state index >= 15 is 0 Å². The van der Waals surface area contributed by atoms with Gasteiger partial charge in [-0.15, -0.1) is 11.6 Å². The SMILES string of the molecule is FSC(Cl)C(Cl)(Cl)Cl. The van der Waals surface area contributed by atoms with Gasteiger partial charge in [0.1, 0.15) is 0 Å². The second-order valence-electron chi connectivity index (χ2n) is 0.947. The molecule has 0 radical (unpaired) electrons. The van der Waals surface area contributed by atoms with Crippen molar-refractivity contribution in [3.8, 4) is 0 Å². The second kappa shape index (κ2) is 3.57. The highest BCUT2D eigenvalue weighted by Gasteiger charge is 2.31. The molecule has 0 aromatic heterocycles. The predicted octanol–water partition coefficient (Wildman–Crippen LogP) is 3.54. The number of hydrogen-bond donors (Lipinski definition) is 0. The Balaban J connectivity index is 3.62. The van der Waals surface area contributed by atoms with Crippen molar-refractivity contribution in [2.45, 2.75) is 8.50 Å². The molecule has 1 atom stereocenters. The molecule has 0 aromatic rings. The van der Waals surface area contributed by atoms with Gasteiger partial charge in [-0.05, 0) is 0 Å². The van der Waals surface area contributed by atoms with E-state index < -0.39 is 8.50 Å². The summed E-state index contributed by atoms with van der Waals surface area (Å²) < 4.78 is 8.56. The molecule has 0 nitrogen and oxygen atoms in total. The minimum absolute atomic E-state index is 0.199. The van der Waals surface area contributed by atoms with Crippen LogP contribution in [0.15, 0.2) is 0 Å². The van der Waals surface area contributed by atoms with E-state index in [1.807, 2.05) is 0 Å². The predicted molar refractivity (Wildman–Crippen MR) is 38.6 cm³/mol. The van der Waals surface area contributed by atoms with Crippen molar-refractivity contribution >= 4 is 58.6 Å². The third kappa shape index (κ3) is 3.46. The molecule has 0 fully saturated rings. The molecule has 0 saturated carbocycles. The van der Waals surface area contributed by atoms with Crippen molar-refractivity contribution in [1.82, 2.24) is 0 Å². The van der Waals surface area contributed by atoms with E-state index in [0.29, 0.717) is 0 Å². The Bertz CT molecular complexity index is 70.9. The maximum Gasteiger partial charge on any atom is 0.218 e. The van der Waals surface area contributed by atoms with Crippen LogP contribution in [0.4, 0.5) is 3.89 Å². The van der Waals surface area contributed by atoms with E-state index in [2.05, 4.69) is 0 Å². The van der Waals surface area contributed by atoms with Gasteiger partial charge in [0.15, 0.2) is 4.71 Å². The third-order valence-corrected chi connectivity index (χ3v) is 2.75. The molecule has 0 bridgehead atoms. The number of alkyl halides is 4. The van der Waals surface area contributed by atoms with Gasteiger partial charge in [0.2, 0.25) is 3.79 Å². The average Bonchev–Trinajstić information content (AvgIpc) is 1.62. The fourth-order valence-corrected chi connectivity index (χ4v) is 0.455. The van der Waals surface area contributed by atoms with Crippen molar-refractivity contribution in [2.75, 3.05) is 0 Å². The smallest absolute Gasteiger partial charge is 0.163 e. The normalized spacial score (nSPS) is 16.1. The van der Waals surface area contributed by atoms with E-state index in [1.165, 1.54) is 0 Å². The standard InChI is InChI=1S/C2HCl4FS/c3-1(8-7)2(4,5)6/h1H. The van der Waals surface area contributed by atoms with Crippen LogP contribution in [0.25, 0.3) is 0 Å². The Morgan fingerprint density at radius 1 is 1.38 bits per heavy atom. The number of halogens is 5. The molecule has 8 heavy (non-hydrogen) atoms. The summed E-state index contributed by atoms with van der Waals surface area (Å²) in [6.45, 7) is 0. The fourth-order valence-electron chi connectivity index (χ4n) is 0.0505. The summed E-state index contributed by atoms with van der Waals surface area (Å²) in [5, 5.41) is 0. The molecule has 0 heterocycles. The van der Waals surface area contributed by atoms with Crippen LogP contribution in [0.1, 0.15) is 0 Å². The zero-order chi connectivity index (χ0) is 6.78. The van der Waals surface area contributed by atoms with Gasteiger partial charge in [-0.1, -0.05) is 34.8 Å². The largest absolute Gasteiger partial charge is 0.218 e. The molecule has 0 rings (SSSR count). The summed E-state index contributed by atoms with van der Waals surface area (Å²) in [6, 6.07) is 0. The first-order chi connectivity index (χ1) is 3.48. The van der Waals surface area contributed by atoms with Crippen molar-refractivity contribution in [2.24, 2.45) is 0 Å². The summed E-state index contributed by atoms with van der Waals surface area (Å²) in [6.07, 6.45) is 0. The van der Waals surface area contributed by atoms with E-state index in [9.17, 15) is 3.89 Å². The zero-order valence-corrected chi connectivity index (χ0v) is 7.22. The third-order valence-electron chi connectivity index (χ3n) is 0.336. The molecule has 0 amide bonds. The highest BCUT2D eigenvalue weighted by atomic mass is 35.6. The maximum atomic E-state index is 11.4. The Labute approximate surface area is 70.9 Å². The fraction of sp³-hybridized carbons (Fsp3) is 1.00. The van der Waals surface area contributed by atoms with Crippen LogP contribution in [0.2, 0.25) is 0 Å². The summed E-state index contributed by atoms with van der Waals surface area (Å²) >= 11 is 20.3. The zero-order valence-electron chi connectivity index (χ0n) is 3.38. The molecule has 0 aliphatic carbocycles. The molecule has 50 valence electrons. The molecule has 0 aromatic carbocycles. The first kappa shape index (κ1) is 9.44. The van der Waals surface area contributed by atoms with Gasteiger partial charge in [0.25, 0.3) is 0 Å². The van der Waals surface area contributed by atoms with Gasteiger partial charge in [0, 0.05) is 0 Å². The lowest BCUT2D eigenvalue weighted by molar-refractivity contribution is 0.922. The lowest BCUT2D eigenvalue weighted by Crippen LogP contribution is -2.13. The monoisotopic (exact) mass is 216 g/mol. The van der Waals surface area contributed by atoms with Gasteiger partial charge in [-0.3, -0.25) is 0 Å². The van der Waals surface area contributed by atoms with Crippen molar-refractivity contribution in [1.29, 1.82) is 0 Å². The van der Waals surface area contributed by atoms with E-state index in [1.54, 1.807) is 0 Å². The van der Waals surface area contributed by atoms with Crippen LogP contribution in [-0.2, 0) is 0 Å². The molecule has 0 aliphatic heterocycles. The van der Waals surface area contributed by atoms with Crippen molar-refractivity contribution < 1.29 is 3.89 Å². The van der Waals surface area contributed by atoms with Crippen LogP contribution in [0, 0.1) is 0 Å². The Morgan fingerprint density at radius 2 is 1.75 bits per heavy atom. The van der Waals surface area contributed by atoms with Crippen molar-refractivity contribution in [3.05, 3.63) is 0 Å². The van der Waals surface area contributed by atoms with Gasteiger partial charge in [-0.25, -0.2) is 0 Å². The highest BCUT2D eigenvalue weighted by Crippen LogP contribution is 2.40. The summed E-state index contributed by atoms with van der Waals surface area (Å²) in [4.78, 5) is 0. The molecule has 0 spiro atoms. The minimum Gasteiger partial charge on any atom is -0.163 e. The number of hydrogen-bond acceptors (Lipinski definition) is 1. The number of rotatable bonds is 1. The van der Waals surface area contributed by atoms with E-state index in [-0.39, 0.29) is 12.1 Å². The van der Waals surface area contributed by atoms with E-state index in [0.717, 1.165) is 0 Å². The molecule has 0 saturated heterocycles. The lowest BCUT2D eigenvalue weighted by Gasteiger charge is -2.11. The maximum absolute atomic E-state index is 11.4. The highest BCUT2D eigenvalue weighted by molar-refractivity contribution is 7.96. The lowest BCUT2D eigenvalue weighted by atomic mass is 10.9. The first-order valence-corrected chi connectivity index (χ1v) is 3.81. The molecular formula is C2HCl4FS. The summed E-state index contributed by atoms with van der Waals surface area (Å²) in [5.74, 6) is 0. The molecule has 0 aliphatic rings. The molecule has 0 N–H and O–H groups in total. The Hall–Kier alpha value is 1.44. The summed E-state index contributed by atoms with van der Waals surface area (Å²) in [7, 11) is 0. The van der Waals surface area contributed by atoms with Gasteiger partial charge in [-0.2, -0.15) is 3.89 Å².